The molecule has 0 radical (unpaired) electrons. The summed E-state index contributed by atoms with van der Waals surface area (Å²) in [7, 11) is 0. The zero-order valence-corrected chi connectivity index (χ0v) is 9.05. The predicted molar refractivity (Wildman–Crippen MR) is 50.3 cm³/mol. The monoisotopic (exact) mass is 269 g/mol. The van der Waals surface area contributed by atoms with Gasteiger partial charge in [-0.05, 0) is 12.5 Å². The van der Waals surface area contributed by atoms with E-state index in [2.05, 4.69) is 4.98 Å². The lowest BCUT2D eigenvalue weighted by Crippen LogP contribution is -2.15. The van der Waals surface area contributed by atoms with E-state index < -0.39 is 41.7 Å². The Balaban J connectivity index is 3.42. The molecule has 1 N–H and O–H groups in total. The molecule has 0 aliphatic rings. The van der Waals surface area contributed by atoms with Gasteiger partial charge in [0.15, 0.2) is 0 Å². The molecule has 0 aromatic carbocycles. The molecule has 0 atom stereocenters. The van der Waals surface area contributed by atoms with Gasteiger partial charge in [-0.2, -0.15) is 13.2 Å². The predicted octanol–water partition coefficient (Wildman–Crippen LogP) is 2.97. The quantitative estimate of drug-likeness (QED) is 0.858. The van der Waals surface area contributed by atoms with Crippen molar-refractivity contribution in [3.63, 3.8) is 0 Å². The molecule has 18 heavy (non-hydrogen) atoms. The lowest BCUT2D eigenvalue weighted by molar-refractivity contribution is -0.139. The zero-order valence-electron chi connectivity index (χ0n) is 9.05. The molecule has 100 valence electrons. The van der Waals surface area contributed by atoms with E-state index in [1.807, 2.05) is 0 Å². The lowest BCUT2D eigenvalue weighted by Gasteiger charge is -2.16. The van der Waals surface area contributed by atoms with Crippen molar-refractivity contribution in [3.05, 3.63) is 28.6 Å². The summed E-state index contributed by atoms with van der Waals surface area (Å²) in [4.78, 5) is 13.7. The Hall–Kier alpha value is -1.73. The minimum Gasteiger partial charge on any atom is -0.481 e. The topological polar surface area (TPSA) is 50.2 Å². The smallest absolute Gasteiger partial charge is 0.418 e. The van der Waals surface area contributed by atoms with Crippen molar-refractivity contribution in [1.29, 1.82) is 0 Å². The second-order valence-electron chi connectivity index (χ2n) is 3.53. The number of carboxylic acids is 1. The SMILES string of the molecule is Cc1c(CC(=O)O)ncc(C(F)(F)F)c1C(F)F. The van der Waals surface area contributed by atoms with E-state index >= 15 is 0 Å². The number of halogens is 5. The van der Waals surface area contributed by atoms with Crippen LogP contribution in [-0.4, -0.2) is 16.1 Å². The van der Waals surface area contributed by atoms with Crippen LogP contribution >= 0.6 is 0 Å². The Morgan fingerprint density at radius 3 is 2.39 bits per heavy atom. The molecule has 0 amide bonds. The highest BCUT2D eigenvalue weighted by atomic mass is 19.4. The third-order valence-electron chi connectivity index (χ3n) is 2.32. The van der Waals surface area contributed by atoms with Crippen LogP contribution in [-0.2, 0) is 17.4 Å². The molecule has 1 heterocycles. The molecule has 0 saturated carbocycles. The number of aromatic nitrogens is 1. The minimum atomic E-state index is -4.95. The van der Waals surface area contributed by atoms with Crippen molar-refractivity contribution in [2.24, 2.45) is 0 Å². The number of nitrogens with zero attached hydrogens (tertiary/aromatic N) is 1. The number of carbonyl (C=O) groups is 1. The third kappa shape index (κ3) is 2.93. The van der Waals surface area contributed by atoms with Crippen molar-refractivity contribution < 1.29 is 31.9 Å². The Morgan fingerprint density at radius 1 is 1.44 bits per heavy atom. The number of aliphatic carboxylic acids is 1. The third-order valence-corrected chi connectivity index (χ3v) is 2.32. The van der Waals surface area contributed by atoms with Gasteiger partial charge in [0.1, 0.15) is 0 Å². The first-order chi connectivity index (χ1) is 8.14. The second-order valence-corrected chi connectivity index (χ2v) is 3.53. The standard InChI is InChI=1S/C10H8F5NO2/c1-4-6(2-7(17)18)16-3-5(10(13,14)15)8(4)9(11)12/h3,9H,2H2,1H3,(H,17,18). The van der Waals surface area contributed by atoms with E-state index in [-0.39, 0.29) is 11.9 Å². The highest BCUT2D eigenvalue weighted by molar-refractivity contribution is 5.70. The fraction of sp³-hybridized carbons (Fsp3) is 0.400. The van der Waals surface area contributed by atoms with Crippen molar-refractivity contribution in [2.45, 2.75) is 25.9 Å². The summed E-state index contributed by atoms with van der Waals surface area (Å²) in [5.41, 5.74) is -3.49. The Morgan fingerprint density at radius 2 is 2.00 bits per heavy atom. The van der Waals surface area contributed by atoms with E-state index in [4.69, 9.17) is 5.11 Å². The molecule has 0 bridgehead atoms. The molecule has 0 spiro atoms. The molecule has 0 unspecified atom stereocenters. The van der Waals surface area contributed by atoms with Gasteiger partial charge >= 0.3 is 12.1 Å². The number of hydrogen-bond donors (Lipinski definition) is 1. The first-order valence-corrected chi connectivity index (χ1v) is 4.70. The maximum Gasteiger partial charge on any atom is 0.418 e. The van der Waals surface area contributed by atoms with Crippen LogP contribution in [0.3, 0.4) is 0 Å². The van der Waals surface area contributed by atoms with E-state index in [0.717, 1.165) is 6.92 Å². The highest BCUT2D eigenvalue weighted by Crippen LogP contribution is 2.38. The first kappa shape index (κ1) is 14.3. The Kier molecular flexibility index (Phi) is 3.88. The second kappa shape index (κ2) is 4.87. The van der Waals surface area contributed by atoms with Gasteiger partial charge in [-0.25, -0.2) is 8.78 Å². The minimum absolute atomic E-state index is 0.243. The van der Waals surface area contributed by atoms with Crippen LogP contribution in [0.25, 0.3) is 0 Å². The molecule has 8 heteroatoms. The van der Waals surface area contributed by atoms with Gasteiger partial charge in [0, 0.05) is 11.8 Å². The Bertz CT molecular complexity index is 470. The average molecular weight is 269 g/mol. The molecular formula is C10H8F5NO2. The van der Waals surface area contributed by atoms with Crippen LogP contribution in [0.4, 0.5) is 22.0 Å². The molecule has 0 fully saturated rings. The molecule has 0 aliphatic carbocycles. The van der Waals surface area contributed by atoms with Crippen molar-refractivity contribution in [3.8, 4) is 0 Å². The number of rotatable bonds is 3. The summed E-state index contributed by atoms with van der Waals surface area (Å²) >= 11 is 0. The highest BCUT2D eigenvalue weighted by Gasteiger charge is 2.37. The van der Waals surface area contributed by atoms with Crippen molar-refractivity contribution in [1.82, 2.24) is 4.98 Å². The van der Waals surface area contributed by atoms with Gasteiger partial charge in [0.2, 0.25) is 0 Å². The molecule has 1 rings (SSSR count). The molecule has 0 saturated heterocycles. The number of carboxylic acid groups (broad SMARTS) is 1. The number of pyridine rings is 1. The van der Waals surface area contributed by atoms with Crippen LogP contribution in [0.2, 0.25) is 0 Å². The summed E-state index contributed by atoms with van der Waals surface area (Å²) in [5, 5.41) is 8.50. The van der Waals surface area contributed by atoms with Crippen LogP contribution in [0, 0.1) is 6.92 Å². The van der Waals surface area contributed by atoms with Crippen LogP contribution in [0.1, 0.15) is 28.8 Å². The number of alkyl halides is 5. The summed E-state index contributed by atoms with van der Waals surface area (Å²) in [6.07, 6.45) is -8.76. The van der Waals surface area contributed by atoms with E-state index in [1.54, 1.807) is 0 Å². The molecule has 1 aromatic rings. The van der Waals surface area contributed by atoms with Gasteiger partial charge in [-0.15, -0.1) is 0 Å². The molecule has 1 aromatic heterocycles. The maximum absolute atomic E-state index is 12.7. The lowest BCUT2D eigenvalue weighted by atomic mass is 10.0. The van der Waals surface area contributed by atoms with Crippen LogP contribution in [0.15, 0.2) is 6.20 Å². The van der Waals surface area contributed by atoms with E-state index in [0.29, 0.717) is 0 Å². The summed E-state index contributed by atoms with van der Waals surface area (Å²) in [6.45, 7) is 1.00. The fourth-order valence-corrected chi connectivity index (χ4v) is 1.49. The van der Waals surface area contributed by atoms with Crippen LogP contribution < -0.4 is 0 Å². The summed E-state index contributed by atoms with van der Waals surface area (Å²) in [5.74, 6) is -1.36. The van der Waals surface area contributed by atoms with Gasteiger partial charge in [0.25, 0.3) is 6.43 Å². The zero-order chi connectivity index (χ0) is 14.1. The Labute approximate surface area is 98.3 Å². The molecule has 0 aliphatic heterocycles. The average Bonchev–Trinajstić information content (AvgIpc) is 2.17. The van der Waals surface area contributed by atoms with Gasteiger partial charge in [-0.3, -0.25) is 9.78 Å². The van der Waals surface area contributed by atoms with E-state index in [1.165, 1.54) is 0 Å². The summed E-state index contributed by atoms with van der Waals surface area (Å²) in [6, 6.07) is 0. The van der Waals surface area contributed by atoms with Gasteiger partial charge in [0.05, 0.1) is 17.7 Å². The normalized spacial score (nSPS) is 11.9. The maximum atomic E-state index is 12.7. The molecule has 3 nitrogen and oxygen atoms in total. The van der Waals surface area contributed by atoms with Gasteiger partial charge in [-0.1, -0.05) is 0 Å². The largest absolute Gasteiger partial charge is 0.481 e. The molecular weight excluding hydrogens is 261 g/mol. The first-order valence-electron chi connectivity index (χ1n) is 4.70. The van der Waals surface area contributed by atoms with Crippen molar-refractivity contribution in [2.75, 3.05) is 0 Å². The number of hydrogen-bond acceptors (Lipinski definition) is 2. The summed E-state index contributed by atoms with van der Waals surface area (Å²) < 4.78 is 62.8. The van der Waals surface area contributed by atoms with Gasteiger partial charge < -0.3 is 5.11 Å². The fourth-order valence-electron chi connectivity index (χ4n) is 1.49. The van der Waals surface area contributed by atoms with Crippen LogP contribution in [0.5, 0.6) is 0 Å². The van der Waals surface area contributed by atoms with E-state index in [9.17, 15) is 26.7 Å². The van der Waals surface area contributed by atoms with Crippen molar-refractivity contribution >= 4 is 5.97 Å².